The maximum atomic E-state index is 12.0. The summed E-state index contributed by atoms with van der Waals surface area (Å²) in [5.74, 6) is -0.757. The number of benzene rings is 1. The number of aliphatic hydroxyl groups is 1. The van der Waals surface area contributed by atoms with Gasteiger partial charge in [0.15, 0.2) is 0 Å². The van der Waals surface area contributed by atoms with Crippen LogP contribution < -0.4 is 0 Å². The first kappa shape index (κ1) is 17.9. The van der Waals surface area contributed by atoms with Gasteiger partial charge in [-0.1, -0.05) is 18.2 Å². The summed E-state index contributed by atoms with van der Waals surface area (Å²) in [5.41, 5.74) is 1.27. The van der Waals surface area contributed by atoms with Crippen molar-refractivity contribution in [2.75, 3.05) is 32.8 Å². The lowest BCUT2D eigenvalue weighted by Crippen LogP contribution is -2.54. The molecule has 0 radical (unpaired) electrons. The molecule has 3 rings (SSSR count). The van der Waals surface area contributed by atoms with E-state index in [9.17, 15) is 19.8 Å². The summed E-state index contributed by atoms with van der Waals surface area (Å²) in [6, 6.07) is 7.17. The number of amides is 1. The lowest BCUT2D eigenvalue weighted by Gasteiger charge is -2.48. The number of β-amino-alcohol motifs (C(OH)–C–C–N with tert-alkyl or cyclic N) is 1. The molecule has 6 heteroatoms. The van der Waals surface area contributed by atoms with E-state index in [-0.39, 0.29) is 17.9 Å². The third kappa shape index (κ3) is 4.02. The van der Waals surface area contributed by atoms with Crippen molar-refractivity contribution in [3.63, 3.8) is 0 Å². The highest BCUT2D eigenvalue weighted by molar-refractivity contribution is 5.89. The minimum atomic E-state index is -0.889. The number of carboxylic acid groups (broad SMARTS) is 1. The number of hydrogen-bond donors (Lipinski definition) is 2. The van der Waals surface area contributed by atoms with Crippen LogP contribution in [0.3, 0.4) is 0 Å². The van der Waals surface area contributed by atoms with Crippen LogP contribution in [0.4, 0.5) is 0 Å². The van der Waals surface area contributed by atoms with Gasteiger partial charge in [-0.2, -0.15) is 0 Å². The van der Waals surface area contributed by atoms with Crippen molar-refractivity contribution in [3.8, 4) is 0 Å². The van der Waals surface area contributed by atoms with E-state index in [1.165, 1.54) is 0 Å². The van der Waals surface area contributed by atoms with Crippen LogP contribution in [0.2, 0.25) is 0 Å². The molecule has 136 valence electrons. The average Bonchev–Trinajstić information content (AvgIpc) is 2.59. The molecule has 0 aliphatic carbocycles. The number of carbonyl (C=O) groups excluding carboxylic acids is 1. The molecule has 2 fully saturated rings. The number of piperidine rings is 2. The topological polar surface area (TPSA) is 81.1 Å². The normalized spacial score (nSPS) is 24.7. The van der Waals surface area contributed by atoms with Crippen LogP contribution in [0.5, 0.6) is 0 Å². The fraction of sp³-hybridized carbons (Fsp3) is 0.579. The lowest BCUT2D eigenvalue weighted by atomic mass is 9.73. The number of carbonyl (C=O) groups is 2. The largest absolute Gasteiger partial charge is 0.478 e. The Morgan fingerprint density at radius 2 is 2.00 bits per heavy atom. The second kappa shape index (κ2) is 7.54. The van der Waals surface area contributed by atoms with E-state index in [0.29, 0.717) is 31.6 Å². The molecule has 6 nitrogen and oxygen atoms in total. The molecule has 1 aromatic carbocycles. The molecule has 1 aromatic rings. The van der Waals surface area contributed by atoms with Crippen molar-refractivity contribution in [1.29, 1.82) is 0 Å². The molecule has 0 bridgehead atoms. The highest BCUT2D eigenvalue weighted by Crippen LogP contribution is 2.39. The van der Waals surface area contributed by atoms with Gasteiger partial charge < -0.3 is 15.1 Å². The van der Waals surface area contributed by atoms with Gasteiger partial charge in [0.25, 0.3) is 0 Å². The first-order valence-electron chi connectivity index (χ1n) is 8.95. The first-order chi connectivity index (χ1) is 12.0. The molecule has 1 amide bonds. The first-order valence-corrected chi connectivity index (χ1v) is 8.95. The predicted molar refractivity (Wildman–Crippen MR) is 93.2 cm³/mol. The Kier molecular flexibility index (Phi) is 5.39. The van der Waals surface area contributed by atoms with Gasteiger partial charge in [0.2, 0.25) is 5.91 Å². The summed E-state index contributed by atoms with van der Waals surface area (Å²) >= 11 is 0. The summed E-state index contributed by atoms with van der Waals surface area (Å²) in [6.07, 6.45) is 3.56. The molecule has 1 spiro atoms. The predicted octanol–water partition coefficient (Wildman–Crippen LogP) is 1.58. The van der Waals surface area contributed by atoms with Crippen molar-refractivity contribution in [2.45, 2.75) is 32.2 Å². The quantitative estimate of drug-likeness (QED) is 0.846. The van der Waals surface area contributed by atoms with E-state index in [0.717, 1.165) is 37.9 Å². The van der Waals surface area contributed by atoms with Crippen LogP contribution in [0.15, 0.2) is 24.3 Å². The van der Waals surface area contributed by atoms with Gasteiger partial charge in [0.1, 0.15) is 0 Å². The Labute approximate surface area is 148 Å². The summed E-state index contributed by atoms with van der Waals surface area (Å²) in [5, 5.41) is 18.6. The Morgan fingerprint density at radius 3 is 2.76 bits per heavy atom. The van der Waals surface area contributed by atoms with Gasteiger partial charge in [0, 0.05) is 38.0 Å². The maximum absolute atomic E-state index is 12.0. The zero-order valence-corrected chi connectivity index (χ0v) is 14.5. The molecule has 2 heterocycles. The molecule has 1 unspecified atom stereocenters. The molecule has 2 saturated heterocycles. The molecule has 1 atom stereocenters. The van der Waals surface area contributed by atoms with Crippen molar-refractivity contribution >= 4 is 11.9 Å². The van der Waals surface area contributed by atoms with Gasteiger partial charge in [-0.3, -0.25) is 9.69 Å². The maximum Gasteiger partial charge on any atom is 0.336 e. The highest BCUT2D eigenvalue weighted by atomic mass is 16.4. The molecule has 0 saturated carbocycles. The minimum absolute atomic E-state index is 0.00246. The van der Waals surface area contributed by atoms with Gasteiger partial charge in [-0.05, 0) is 37.4 Å². The smallest absolute Gasteiger partial charge is 0.336 e. The average molecular weight is 346 g/mol. The summed E-state index contributed by atoms with van der Waals surface area (Å²) in [6.45, 7) is 3.54. The van der Waals surface area contributed by atoms with Gasteiger partial charge in [0.05, 0.1) is 12.2 Å². The minimum Gasteiger partial charge on any atom is -0.478 e. The second-order valence-corrected chi connectivity index (χ2v) is 7.32. The molecule has 2 aliphatic rings. The van der Waals surface area contributed by atoms with E-state index < -0.39 is 5.97 Å². The van der Waals surface area contributed by atoms with Crippen LogP contribution in [0.25, 0.3) is 0 Å². The monoisotopic (exact) mass is 346 g/mol. The number of likely N-dealkylation sites (tertiary alicyclic amines) is 2. The van der Waals surface area contributed by atoms with Crippen LogP contribution in [-0.4, -0.2) is 64.7 Å². The molecule has 25 heavy (non-hydrogen) atoms. The van der Waals surface area contributed by atoms with Gasteiger partial charge >= 0.3 is 5.97 Å². The fourth-order valence-corrected chi connectivity index (χ4v) is 4.31. The zero-order chi connectivity index (χ0) is 17.9. The lowest BCUT2D eigenvalue weighted by molar-refractivity contribution is -0.140. The van der Waals surface area contributed by atoms with Crippen LogP contribution in [-0.2, 0) is 11.3 Å². The SMILES string of the molecule is O=C(O)c1ccccc1CN1CCCC2(CCC(=O)N(CCO)C2)C1. The summed E-state index contributed by atoms with van der Waals surface area (Å²) < 4.78 is 0. The molecule has 2 aliphatic heterocycles. The number of rotatable bonds is 5. The standard InChI is InChI=1S/C19H26N2O4/c22-11-10-21-14-19(8-6-17(21)23)7-3-9-20(13-19)12-15-4-1-2-5-16(15)18(24)25/h1-2,4-5,22H,3,6-14H2,(H,24,25). The molecular formula is C19H26N2O4. The van der Waals surface area contributed by atoms with E-state index in [1.54, 1.807) is 17.0 Å². The van der Waals surface area contributed by atoms with E-state index in [1.807, 2.05) is 12.1 Å². The van der Waals surface area contributed by atoms with Crippen LogP contribution in [0.1, 0.15) is 41.6 Å². The number of carboxylic acids is 1. The Bertz CT molecular complexity index is 648. The molecule has 2 N–H and O–H groups in total. The number of aromatic carboxylic acids is 1. The number of hydrogen-bond acceptors (Lipinski definition) is 4. The number of nitrogens with zero attached hydrogens (tertiary/aromatic N) is 2. The van der Waals surface area contributed by atoms with Crippen molar-refractivity contribution in [3.05, 3.63) is 35.4 Å². The van der Waals surface area contributed by atoms with E-state index >= 15 is 0 Å². The van der Waals surface area contributed by atoms with E-state index in [4.69, 9.17) is 0 Å². The van der Waals surface area contributed by atoms with Crippen molar-refractivity contribution < 1.29 is 19.8 Å². The Hall–Kier alpha value is -1.92. The zero-order valence-electron chi connectivity index (χ0n) is 14.5. The van der Waals surface area contributed by atoms with Crippen LogP contribution >= 0.6 is 0 Å². The Balaban J connectivity index is 1.71. The van der Waals surface area contributed by atoms with Gasteiger partial charge in [-0.25, -0.2) is 4.79 Å². The van der Waals surface area contributed by atoms with Crippen molar-refractivity contribution in [1.82, 2.24) is 9.80 Å². The number of aliphatic hydroxyl groups excluding tert-OH is 1. The summed E-state index contributed by atoms with van der Waals surface area (Å²) in [4.78, 5) is 27.6. The fourth-order valence-electron chi connectivity index (χ4n) is 4.31. The van der Waals surface area contributed by atoms with Crippen LogP contribution in [0, 0.1) is 5.41 Å². The summed E-state index contributed by atoms with van der Waals surface area (Å²) in [7, 11) is 0. The van der Waals surface area contributed by atoms with Crippen molar-refractivity contribution in [2.24, 2.45) is 5.41 Å². The second-order valence-electron chi connectivity index (χ2n) is 7.32. The Morgan fingerprint density at radius 1 is 1.20 bits per heavy atom. The third-order valence-electron chi connectivity index (χ3n) is 5.50. The highest BCUT2D eigenvalue weighted by Gasteiger charge is 2.41. The van der Waals surface area contributed by atoms with Gasteiger partial charge in [-0.15, -0.1) is 0 Å². The molecular weight excluding hydrogens is 320 g/mol. The van der Waals surface area contributed by atoms with E-state index in [2.05, 4.69) is 4.90 Å². The molecule has 0 aromatic heterocycles. The third-order valence-corrected chi connectivity index (χ3v) is 5.50.